The summed E-state index contributed by atoms with van der Waals surface area (Å²) in [6.45, 7) is -1.69. The summed E-state index contributed by atoms with van der Waals surface area (Å²) in [7, 11) is 0. The second-order valence-electron chi connectivity index (χ2n) is 3.39. The molecule has 0 aliphatic heterocycles. The third kappa shape index (κ3) is 4.32. The van der Waals surface area contributed by atoms with Gasteiger partial charge in [-0.15, -0.1) is 0 Å². The Hall–Kier alpha value is -0.240. The lowest BCUT2D eigenvalue weighted by atomic mass is 9.94. The predicted molar refractivity (Wildman–Crippen MR) is 47.5 cm³/mol. The topological polar surface area (TPSA) is 121 Å². The Morgan fingerprint density at radius 3 is 1.79 bits per heavy atom. The van der Waals surface area contributed by atoms with E-state index in [1.807, 2.05) is 0 Å². The zero-order valence-corrected chi connectivity index (χ0v) is 7.87. The van der Waals surface area contributed by atoms with Gasteiger partial charge in [-0.1, -0.05) is 0 Å². The Morgan fingerprint density at radius 2 is 1.43 bits per heavy atom. The highest BCUT2D eigenvalue weighted by molar-refractivity contribution is 4.82. The number of aliphatic hydroxyl groups is 6. The molecule has 0 aromatic heterocycles. The smallest absolute Gasteiger partial charge is 0.113 e. The van der Waals surface area contributed by atoms with Crippen LogP contribution in [0.4, 0.5) is 0 Å². The summed E-state index contributed by atoms with van der Waals surface area (Å²) in [6, 6.07) is 0. The van der Waals surface area contributed by atoms with Crippen LogP contribution in [-0.4, -0.2) is 68.3 Å². The first-order chi connectivity index (χ1) is 6.49. The van der Waals surface area contributed by atoms with Crippen molar-refractivity contribution in [2.24, 2.45) is 0 Å². The monoisotopic (exact) mass is 210 g/mol. The van der Waals surface area contributed by atoms with Gasteiger partial charge in [0.25, 0.3) is 0 Å². The zero-order chi connectivity index (χ0) is 11.2. The molecule has 0 radical (unpaired) electrons. The van der Waals surface area contributed by atoms with Gasteiger partial charge in [0, 0.05) is 13.0 Å². The fraction of sp³-hybridized carbons (Fsp3) is 1.00. The molecule has 0 amide bonds. The summed E-state index contributed by atoms with van der Waals surface area (Å²) in [5, 5.41) is 53.7. The molecule has 6 heteroatoms. The largest absolute Gasteiger partial charge is 0.396 e. The molecule has 0 aliphatic carbocycles. The second kappa shape index (κ2) is 6.28. The highest BCUT2D eigenvalue weighted by Gasteiger charge is 2.31. The maximum Gasteiger partial charge on any atom is 0.113 e. The summed E-state index contributed by atoms with van der Waals surface area (Å²) in [6.07, 6.45) is -2.83. The van der Waals surface area contributed by atoms with Gasteiger partial charge in [0.1, 0.15) is 5.60 Å². The van der Waals surface area contributed by atoms with Gasteiger partial charge in [-0.2, -0.15) is 0 Å². The lowest BCUT2D eigenvalue weighted by Gasteiger charge is -2.28. The Labute approximate surface area is 82.1 Å². The molecule has 0 aliphatic rings. The maximum atomic E-state index is 9.38. The van der Waals surface area contributed by atoms with Gasteiger partial charge >= 0.3 is 0 Å². The molecule has 2 atom stereocenters. The van der Waals surface area contributed by atoms with Gasteiger partial charge in [0.05, 0.1) is 25.4 Å². The van der Waals surface area contributed by atoms with Gasteiger partial charge in [-0.3, -0.25) is 0 Å². The average Bonchev–Trinajstić information content (AvgIpc) is 2.18. The third-order valence-corrected chi connectivity index (χ3v) is 2.05. The Morgan fingerprint density at radius 1 is 0.929 bits per heavy atom. The fourth-order valence-electron chi connectivity index (χ4n) is 1.03. The van der Waals surface area contributed by atoms with Crippen molar-refractivity contribution in [1.29, 1.82) is 0 Å². The number of rotatable bonds is 7. The minimum atomic E-state index is -1.80. The van der Waals surface area contributed by atoms with Crippen LogP contribution in [0.5, 0.6) is 0 Å². The van der Waals surface area contributed by atoms with E-state index in [-0.39, 0.29) is 19.4 Å². The van der Waals surface area contributed by atoms with Gasteiger partial charge in [-0.25, -0.2) is 0 Å². The van der Waals surface area contributed by atoms with Crippen LogP contribution in [0.1, 0.15) is 12.8 Å². The molecular formula is C8H18O6. The molecule has 0 rings (SSSR count). The third-order valence-electron chi connectivity index (χ3n) is 2.05. The van der Waals surface area contributed by atoms with Crippen LogP contribution >= 0.6 is 0 Å². The van der Waals surface area contributed by atoms with E-state index >= 15 is 0 Å². The number of hydrogen-bond donors (Lipinski definition) is 6. The van der Waals surface area contributed by atoms with Crippen LogP contribution in [0.2, 0.25) is 0 Å². The Balaban J connectivity index is 4.07. The highest BCUT2D eigenvalue weighted by atomic mass is 16.4. The van der Waals surface area contributed by atoms with Crippen LogP contribution in [0.3, 0.4) is 0 Å². The SMILES string of the molecule is OCCC(O)C(O)CC(O)(CO)CO. The second-order valence-corrected chi connectivity index (χ2v) is 3.39. The van der Waals surface area contributed by atoms with Gasteiger partial charge in [0.2, 0.25) is 0 Å². The minimum absolute atomic E-state index is 0.0197. The van der Waals surface area contributed by atoms with E-state index in [0.29, 0.717) is 0 Å². The van der Waals surface area contributed by atoms with E-state index < -0.39 is 31.0 Å². The summed E-state index contributed by atoms with van der Waals surface area (Å²) in [4.78, 5) is 0. The van der Waals surface area contributed by atoms with Gasteiger partial charge in [-0.05, 0) is 6.42 Å². The van der Waals surface area contributed by atoms with Crippen LogP contribution in [0.25, 0.3) is 0 Å². The van der Waals surface area contributed by atoms with Crippen molar-refractivity contribution < 1.29 is 30.6 Å². The van der Waals surface area contributed by atoms with Crippen molar-refractivity contribution in [2.45, 2.75) is 30.7 Å². The van der Waals surface area contributed by atoms with Crippen LogP contribution < -0.4 is 0 Å². The summed E-state index contributed by atoms with van der Waals surface area (Å²) >= 11 is 0. The van der Waals surface area contributed by atoms with Crippen molar-refractivity contribution in [3.63, 3.8) is 0 Å². The normalized spacial score (nSPS) is 16.7. The molecule has 0 bridgehead atoms. The van der Waals surface area contributed by atoms with Crippen LogP contribution in [-0.2, 0) is 0 Å². The van der Waals surface area contributed by atoms with Gasteiger partial charge < -0.3 is 30.6 Å². The molecule has 0 aromatic carbocycles. The zero-order valence-electron chi connectivity index (χ0n) is 7.87. The van der Waals surface area contributed by atoms with E-state index in [1.165, 1.54) is 0 Å². The molecule has 6 nitrogen and oxygen atoms in total. The molecule has 0 fully saturated rings. The molecule has 86 valence electrons. The Bertz CT molecular complexity index is 147. The lowest BCUT2D eigenvalue weighted by Crippen LogP contribution is -2.44. The number of hydrogen-bond acceptors (Lipinski definition) is 6. The van der Waals surface area contributed by atoms with Crippen LogP contribution in [0, 0.1) is 0 Å². The van der Waals surface area contributed by atoms with Crippen molar-refractivity contribution in [3.05, 3.63) is 0 Å². The van der Waals surface area contributed by atoms with E-state index in [9.17, 15) is 15.3 Å². The summed E-state index contributed by atoms with van der Waals surface area (Å²) < 4.78 is 0. The molecule has 0 spiro atoms. The first kappa shape index (κ1) is 13.8. The van der Waals surface area contributed by atoms with Crippen molar-refractivity contribution in [1.82, 2.24) is 0 Å². The molecule has 2 unspecified atom stereocenters. The first-order valence-corrected chi connectivity index (χ1v) is 4.40. The molecule has 0 aromatic rings. The maximum absolute atomic E-state index is 9.38. The van der Waals surface area contributed by atoms with E-state index in [0.717, 1.165) is 0 Å². The molecule has 0 saturated carbocycles. The molecular weight excluding hydrogens is 192 g/mol. The summed E-state index contributed by atoms with van der Waals surface area (Å²) in [5.74, 6) is 0. The quantitative estimate of drug-likeness (QED) is 0.270. The van der Waals surface area contributed by atoms with Crippen molar-refractivity contribution in [3.8, 4) is 0 Å². The standard InChI is InChI=1S/C8H18O6/c9-2-1-6(12)7(13)3-8(14,4-10)5-11/h6-7,9-14H,1-5H2. The van der Waals surface area contributed by atoms with Crippen LogP contribution in [0.15, 0.2) is 0 Å². The van der Waals surface area contributed by atoms with E-state index in [4.69, 9.17) is 15.3 Å². The van der Waals surface area contributed by atoms with Gasteiger partial charge in [0.15, 0.2) is 0 Å². The lowest BCUT2D eigenvalue weighted by molar-refractivity contribution is -0.103. The van der Waals surface area contributed by atoms with E-state index in [1.54, 1.807) is 0 Å². The molecule has 14 heavy (non-hydrogen) atoms. The highest BCUT2D eigenvalue weighted by Crippen LogP contribution is 2.15. The minimum Gasteiger partial charge on any atom is -0.396 e. The Kier molecular flexibility index (Phi) is 6.17. The average molecular weight is 210 g/mol. The molecule has 6 N–H and O–H groups in total. The predicted octanol–water partition coefficient (Wildman–Crippen LogP) is -2.80. The molecule has 0 saturated heterocycles. The first-order valence-electron chi connectivity index (χ1n) is 4.40. The van der Waals surface area contributed by atoms with E-state index in [2.05, 4.69) is 0 Å². The number of aliphatic hydroxyl groups excluding tert-OH is 5. The van der Waals surface area contributed by atoms with Crippen molar-refractivity contribution >= 4 is 0 Å². The summed E-state index contributed by atoms with van der Waals surface area (Å²) in [5.41, 5.74) is -1.80. The fourth-order valence-corrected chi connectivity index (χ4v) is 1.03. The molecule has 0 heterocycles. The van der Waals surface area contributed by atoms with Crippen molar-refractivity contribution in [2.75, 3.05) is 19.8 Å².